The van der Waals surface area contributed by atoms with Crippen LogP contribution in [0.2, 0.25) is 0 Å². The molecular weight excluding hydrogens is 270 g/mol. The molecule has 116 valence electrons. The number of hydrogen-bond donors (Lipinski definition) is 2. The van der Waals surface area contributed by atoms with Gasteiger partial charge in [-0.05, 0) is 43.8 Å². The van der Waals surface area contributed by atoms with E-state index >= 15 is 0 Å². The molecule has 2 aliphatic carbocycles. The number of rotatable bonds is 9. The van der Waals surface area contributed by atoms with E-state index in [0.29, 0.717) is 29.7 Å². The van der Waals surface area contributed by atoms with Gasteiger partial charge in [0.1, 0.15) is 0 Å². The lowest BCUT2D eigenvalue weighted by Gasteiger charge is -2.25. The van der Waals surface area contributed by atoms with Crippen LogP contribution in [0.1, 0.15) is 32.6 Å². The highest BCUT2D eigenvalue weighted by atomic mass is 32.2. The quantitative estimate of drug-likeness (QED) is 0.642. The molecule has 0 aromatic carbocycles. The van der Waals surface area contributed by atoms with Crippen LogP contribution in [-0.4, -0.2) is 48.5 Å². The Morgan fingerprint density at radius 3 is 2.80 bits per heavy atom. The minimum absolute atomic E-state index is 0.387. The molecule has 3 nitrogen and oxygen atoms in total. The Morgan fingerprint density at radius 2 is 2.15 bits per heavy atom. The zero-order valence-electron chi connectivity index (χ0n) is 12.8. The summed E-state index contributed by atoms with van der Waals surface area (Å²) >= 11 is 1.94. The van der Waals surface area contributed by atoms with Gasteiger partial charge in [0.05, 0.1) is 19.3 Å². The average molecular weight is 299 g/mol. The maximum absolute atomic E-state index is 9.93. The van der Waals surface area contributed by atoms with Gasteiger partial charge in [0, 0.05) is 17.8 Å². The number of thioether (sulfide) groups is 1. The summed E-state index contributed by atoms with van der Waals surface area (Å²) in [6.45, 7) is 5.16. The summed E-state index contributed by atoms with van der Waals surface area (Å²) < 4.78 is 6.16. The minimum atomic E-state index is -0.387. The van der Waals surface area contributed by atoms with Crippen molar-refractivity contribution >= 4 is 11.8 Å². The Morgan fingerprint density at radius 1 is 1.40 bits per heavy atom. The van der Waals surface area contributed by atoms with Crippen LogP contribution in [0.4, 0.5) is 0 Å². The molecule has 0 aromatic heterocycles. The molecule has 0 bridgehead atoms. The van der Waals surface area contributed by atoms with Gasteiger partial charge in [-0.1, -0.05) is 19.1 Å². The first-order valence-corrected chi connectivity index (χ1v) is 9.04. The van der Waals surface area contributed by atoms with Crippen molar-refractivity contribution in [1.82, 2.24) is 5.32 Å². The molecule has 20 heavy (non-hydrogen) atoms. The number of aliphatic hydroxyl groups excluding tert-OH is 1. The minimum Gasteiger partial charge on any atom is -0.389 e. The molecule has 4 heteroatoms. The highest BCUT2D eigenvalue weighted by Crippen LogP contribution is 2.46. The summed E-state index contributed by atoms with van der Waals surface area (Å²) in [7, 11) is 0. The summed E-state index contributed by atoms with van der Waals surface area (Å²) in [4.78, 5) is 0. The lowest BCUT2D eigenvalue weighted by atomic mass is 9.85. The van der Waals surface area contributed by atoms with E-state index in [-0.39, 0.29) is 6.10 Å². The van der Waals surface area contributed by atoms with E-state index in [4.69, 9.17) is 4.74 Å². The summed E-state index contributed by atoms with van der Waals surface area (Å²) in [5.74, 6) is 1.32. The second-order valence-electron chi connectivity index (χ2n) is 6.39. The fourth-order valence-electron chi connectivity index (χ4n) is 2.71. The maximum Gasteiger partial charge on any atom is 0.0897 e. The molecule has 0 aromatic rings. The molecule has 0 heterocycles. The lowest BCUT2D eigenvalue weighted by Crippen LogP contribution is -2.35. The smallest absolute Gasteiger partial charge is 0.0897 e. The Labute approximate surface area is 127 Å². The molecule has 2 aliphatic rings. The van der Waals surface area contributed by atoms with Crippen LogP contribution in [-0.2, 0) is 4.74 Å². The van der Waals surface area contributed by atoms with Crippen LogP contribution >= 0.6 is 11.8 Å². The molecule has 0 amide bonds. The van der Waals surface area contributed by atoms with Crippen molar-refractivity contribution in [2.45, 2.75) is 43.5 Å². The standard InChI is InChI=1S/C16H29NO2S/c1-13-5-3-4-6-14(13)10-19-11-15(18)9-17-12-16(20-2)7-8-16/h3-4,13-15,17-18H,5-12H2,1-2H3. The first-order chi connectivity index (χ1) is 9.65. The van der Waals surface area contributed by atoms with E-state index in [0.717, 1.165) is 26.0 Å². The molecule has 2 N–H and O–H groups in total. The molecule has 3 atom stereocenters. The summed E-state index contributed by atoms with van der Waals surface area (Å²) in [5.41, 5.74) is 0. The van der Waals surface area contributed by atoms with Crippen LogP contribution in [0, 0.1) is 11.8 Å². The number of hydrogen-bond acceptors (Lipinski definition) is 4. The van der Waals surface area contributed by atoms with Crippen molar-refractivity contribution in [1.29, 1.82) is 0 Å². The fraction of sp³-hybridized carbons (Fsp3) is 0.875. The Kier molecular flexibility index (Phi) is 6.40. The highest BCUT2D eigenvalue weighted by molar-refractivity contribution is 8.00. The zero-order valence-corrected chi connectivity index (χ0v) is 13.6. The second-order valence-corrected chi connectivity index (χ2v) is 7.66. The van der Waals surface area contributed by atoms with Crippen molar-refractivity contribution < 1.29 is 9.84 Å². The molecule has 0 aliphatic heterocycles. The summed E-state index contributed by atoms with van der Waals surface area (Å²) in [6.07, 6.45) is 11.2. The van der Waals surface area contributed by atoms with E-state index in [1.54, 1.807) is 0 Å². The molecule has 1 fully saturated rings. The van der Waals surface area contributed by atoms with Gasteiger partial charge >= 0.3 is 0 Å². The van der Waals surface area contributed by atoms with Crippen LogP contribution in [0.25, 0.3) is 0 Å². The molecule has 2 rings (SSSR count). The van der Waals surface area contributed by atoms with Gasteiger partial charge < -0.3 is 15.2 Å². The van der Waals surface area contributed by atoms with Crippen molar-refractivity contribution in [2.75, 3.05) is 32.6 Å². The number of allylic oxidation sites excluding steroid dienone is 2. The van der Waals surface area contributed by atoms with Crippen molar-refractivity contribution in [2.24, 2.45) is 11.8 Å². The van der Waals surface area contributed by atoms with E-state index in [1.165, 1.54) is 12.8 Å². The first-order valence-electron chi connectivity index (χ1n) is 7.82. The molecule has 1 saturated carbocycles. The Balaban J connectivity index is 1.51. The van der Waals surface area contributed by atoms with Crippen LogP contribution in [0.5, 0.6) is 0 Å². The van der Waals surface area contributed by atoms with Gasteiger partial charge in [0.15, 0.2) is 0 Å². The van der Waals surface area contributed by atoms with Crippen LogP contribution < -0.4 is 5.32 Å². The normalized spacial score (nSPS) is 29.4. The monoisotopic (exact) mass is 299 g/mol. The highest BCUT2D eigenvalue weighted by Gasteiger charge is 2.41. The van der Waals surface area contributed by atoms with Gasteiger partial charge in [0.25, 0.3) is 0 Å². The van der Waals surface area contributed by atoms with Gasteiger partial charge in [-0.3, -0.25) is 0 Å². The molecule has 0 radical (unpaired) electrons. The average Bonchev–Trinajstić information content (AvgIpc) is 3.21. The van der Waals surface area contributed by atoms with E-state index in [9.17, 15) is 5.11 Å². The fourth-order valence-corrected chi connectivity index (χ4v) is 3.47. The predicted molar refractivity (Wildman–Crippen MR) is 86.2 cm³/mol. The molecule has 0 saturated heterocycles. The van der Waals surface area contributed by atoms with Crippen molar-refractivity contribution in [3.05, 3.63) is 12.2 Å². The summed E-state index contributed by atoms with van der Waals surface area (Å²) in [6, 6.07) is 0. The SMILES string of the molecule is CSC1(CNCC(O)COCC2CC=CCC2C)CC1. The summed E-state index contributed by atoms with van der Waals surface area (Å²) in [5, 5.41) is 13.3. The zero-order chi connectivity index (χ0) is 14.4. The maximum atomic E-state index is 9.93. The number of aliphatic hydroxyl groups is 1. The number of nitrogens with one attached hydrogen (secondary N) is 1. The first kappa shape index (κ1) is 16.3. The third-order valence-corrected chi connectivity index (χ3v) is 6.05. The van der Waals surface area contributed by atoms with E-state index in [2.05, 4.69) is 30.6 Å². The third-order valence-electron chi connectivity index (χ3n) is 4.63. The molecule has 3 unspecified atom stereocenters. The van der Waals surface area contributed by atoms with E-state index < -0.39 is 0 Å². The van der Waals surface area contributed by atoms with Gasteiger partial charge in [-0.25, -0.2) is 0 Å². The number of ether oxygens (including phenoxy) is 1. The predicted octanol–water partition coefficient (Wildman–Crippen LogP) is 2.45. The third kappa shape index (κ3) is 5.06. The topological polar surface area (TPSA) is 41.5 Å². The van der Waals surface area contributed by atoms with Gasteiger partial charge in [-0.2, -0.15) is 11.8 Å². The van der Waals surface area contributed by atoms with Crippen LogP contribution in [0.15, 0.2) is 12.2 Å². The molecule has 0 spiro atoms. The second kappa shape index (κ2) is 7.83. The largest absolute Gasteiger partial charge is 0.389 e. The Bertz CT molecular complexity index is 318. The van der Waals surface area contributed by atoms with Gasteiger partial charge in [0.2, 0.25) is 0 Å². The van der Waals surface area contributed by atoms with Crippen molar-refractivity contribution in [3.8, 4) is 0 Å². The van der Waals surface area contributed by atoms with Gasteiger partial charge in [-0.15, -0.1) is 0 Å². The van der Waals surface area contributed by atoms with Crippen molar-refractivity contribution in [3.63, 3.8) is 0 Å². The van der Waals surface area contributed by atoms with Crippen LogP contribution in [0.3, 0.4) is 0 Å². The molecular formula is C16H29NO2S. The van der Waals surface area contributed by atoms with E-state index in [1.807, 2.05) is 11.8 Å². The lowest BCUT2D eigenvalue weighted by molar-refractivity contribution is 0.0129. The Hall–Kier alpha value is -0.0300.